The number of hydrogen-bond acceptors (Lipinski definition) is 5. The molecular weight excluding hydrogens is 340 g/mol. The van der Waals surface area contributed by atoms with Crippen LogP contribution in [0, 0.1) is 5.92 Å². The molecule has 1 aliphatic carbocycles. The van der Waals surface area contributed by atoms with Crippen LogP contribution in [0.1, 0.15) is 32.6 Å². The van der Waals surface area contributed by atoms with Gasteiger partial charge >= 0.3 is 6.03 Å². The minimum atomic E-state index is -0.397. The molecule has 25 heavy (non-hydrogen) atoms. The number of carbonyl (C=O) groups is 2. The third-order valence-electron chi connectivity index (χ3n) is 4.56. The standard InChI is InChI=1S/C18H24N2O4S/c1-12-4-2-3-5-14(12)19-18(22)20-17(21)11-25-13-6-7-15-16(10-13)24-9-8-23-15/h6-7,10,12,14H,2-5,8-9,11H2,1H3,(H2,19,20,21,22)/t12-,14-/m0/s1. The number of amides is 3. The summed E-state index contributed by atoms with van der Waals surface area (Å²) >= 11 is 1.36. The van der Waals surface area contributed by atoms with Crippen molar-refractivity contribution in [1.29, 1.82) is 0 Å². The first-order valence-electron chi connectivity index (χ1n) is 8.74. The van der Waals surface area contributed by atoms with E-state index < -0.39 is 6.03 Å². The van der Waals surface area contributed by atoms with Gasteiger partial charge in [0.2, 0.25) is 5.91 Å². The fourth-order valence-corrected chi connectivity index (χ4v) is 3.88. The van der Waals surface area contributed by atoms with E-state index in [0.29, 0.717) is 24.9 Å². The van der Waals surface area contributed by atoms with Crippen molar-refractivity contribution in [3.05, 3.63) is 18.2 Å². The van der Waals surface area contributed by atoms with Gasteiger partial charge in [-0.2, -0.15) is 0 Å². The highest BCUT2D eigenvalue weighted by atomic mass is 32.2. The number of fused-ring (bicyclic) bond motifs is 1. The molecule has 0 unspecified atom stereocenters. The van der Waals surface area contributed by atoms with E-state index in [1.807, 2.05) is 18.2 Å². The molecule has 1 fully saturated rings. The van der Waals surface area contributed by atoms with Gasteiger partial charge in [0.25, 0.3) is 0 Å². The first kappa shape index (κ1) is 17.9. The number of hydrogen-bond donors (Lipinski definition) is 2. The van der Waals surface area contributed by atoms with E-state index in [-0.39, 0.29) is 17.7 Å². The molecule has 1 aromatic carbocycles. The molecule has 6 nitrogen and oxygen atoms in total. The highest BCUT2D eigenvalue weighted by Gasteiger charge is 2.23. The molecule has 3 amide bonds. The number of carbonyl (C=O) groups excluding carboxylic acids is 2. The molecule has 1 saturated carbocycles. The molecule has 2 N–H and O–H groups in total. The van der Waals surface area contributed by atoms with Crippen molar-refractivity contribution in [3.63, 3.8) is 0 Å². The number of rotatable bonds is 4. The van der Waals surface area contributed by atoms with E-state index in [9.17, 15) is 9.59 Å². The van der Waals surface area contributed by atoms with E-state index in [0.717, 1.165) is 29.9 Å². The maximum absolute atomic E-state index is 12.0. The van der Waals surface area contributed by atoms with Crippen molar-refractivity contribution in [2.24, 2.45) is 5.92 Å². The molecule has 2 atom stereocenters. The van der Waals surface area contributed by atoms with E-state index in [1.54, 1.807) is 0 Å². The lowest BCUT2D eigenvalue weighted by molar-refractivity contribution is -0.117. The lowest BCUT2D eigenvalue weighted by Crippen LogP contribution is -2.48. The first-order chi connectivity index (χ1) is 12.1. The maximum Gasteiger partial charge on any atom is 0.321 e. The number of benzene rings is 1. The second-order valence-electron chi connectivity index (χ2n) is 6.48. The quantitative estimate of drug-likeness (QED) is 0.804. The minimum absolute atomic E-state index is 0.159. The fourth-order valence-electron chi connectivity index (χ4n) is 3.16. The topological polar surface area (TPSA) is 76.7 Å². The van der Waals surface area contributed by atoms with Gasteiger partial charge in [0.1, 0.15) is 13.2 Å². The Hall–Kier alpha value is -1.89. The number of nitrogens with one attached hydrogen (secondary N) is 2. The third kappa shape index (κ3) is 5.04. The van der Waals surface area contributed by atoms with Gasteiger partial charge in [0, 0.05) is 10.9 Å². The van der Waals surface area contributed by atoms with Crippen LogP contribution in [0.3, 0.4) is 0 Å². The Bertz CT molecular complexity index is 638. The normalized spacial score (nSPS) is 22.1. The predicted octanol–water partition coefficient (Wildman–Crippen LogP) is 2.95. The lowest BCUT2D eigenvalue weighted by Gasteiger charge is -2.29. The third-order valence-corrected chi connectivity index (χ3v) is 5.56. The Morgan fingerprint density at radius 3 is 2.72 bits per heavy atom. The molecular formula is C18H24N2O4S. The van der Waals surface area contributed by atoms with E-state index in [1.165, 1.54) is 18.2 Å². The number of ether oxygens (including phenoxy) is 2. The maximum atomic E-state index is 12.0. The van der Waals surface area contributed by atoms with Gasteiger partial charge in [-0.25, -0.2) is 4.79 Å². The number of urea groups is 1. The summed E-state index contributed by atoms with van der Waals surface area (Å²) < 4.78 is 11.0. The van der Waals surface area contributed by atoms with E-state index in [4.69, 9.17) is 9.47 Å². The van der Waals surface area contributed by atoms with Crippen molar-refractivity contribution < 1.29 is 19.1 Å². The SMILES string of the molecule is C[C@H]1CCCC[C@@H]1NC(=O)NC(=O)CSc1ccc2c(c1)OCCO2. The Balaban J connectivity index is 1.44. The smallest absolute Gasteiger partial charge is 0.321 e. The summed E-state index contributed by atoms with van der Waals surface area (Å²) in [6.45, 7) is 3.22. The van der Waals surface area contributed by atoms with Crippen LogP contribution in [-0.4, -0.2) is 36.9 Å². The number of thioether (sulfide) groups is 1. The molecule has 0 bridgehead atoms. The monoisotopic (exact) mass is 364 g/mol. The van der Waals surface area contributed by atoms with Crippen LogP contribution >= 0.6 is 11.8 Å². The van der Waals surface area contributed by atoms with Gasteiger partial charge in [-0.3, -0.25) is 10.1 Å². The molecule has 1 heterocycles. The largest absolute Gasteiger partial charge is 0.486 e. The fraction of sp³-hybridized carbons (Fsp3) is 0.556. The van der Waals surface area contributed by atoms with Crippen LogP contribution in [0.25, 0.3) is 0 Å². The average Bonchev–Trinajstić information content (AvgIpc) is 2.62. The molecule has 0 radical (unpaired) electrons. The summed E-state index contributed by atoms with van der Waals surface area (Å²) in [6.07, 6.45) is 4.45. The summed E-state index contributed by atoms with van der Waals surface area (Å²) in [5.41, 5.74) is 0. The Labute approximate surface area is 152 Å². The van der Waals surface area contributed by atoms with Crippen LogP contribution in [0.4, 0.5) is 4.79 Å². The van der Waals surface area contributed by atoms with Gasteiger partial charge in [-0.15, -0.1) is 11.8 Å². The van der Waals surface area contributed by atoms with Gasteiger partial charge in [-0.05, 0) is 37.0 Å². The summed E-state index contributed by atoms with van der Waals surface area (Å²) in [4.78, 5) is 24.9. The van der Waals surface area contributed by atoms with Gasteiger partial charge in [0.05, 0.1) is 5.75 Å². The van der Waals surface area contributed by atoms with Gasteiger partial charge in [-0.1, -0.05) is 19.8 Å². The molecule has 0 aromatic heterocycles. The van der Waals surface area contributed by atoms with Crippen molar-refractivity contribution >= 4 is 23.7 Å². The average molecular weight is 364 g/mol. The zero-order chi connectivity index (χ0) is 17.6. The van der Waals surface area contributed by atoms with Crippen LogP contribution in [0.5, 0.6) is 11.5 Å². The zero-order valence-corrected chi connectivity index (χ0v) is 15.2. The van der Waals surface area contributed by atoms with Crippen LogP contribution in [0.15, 0.2) is 23.1 Å². The summed E-state index contributed by atoms with van der Waals surface area (Å²) in [5.74, 6) is 1.75. The Kier molecular flexibility index (Phi) is 6.07. The zero-order valence-electron chi connectivity index (χ0n) is 14.4. The number of imide groups is 1. The summed E-state index contributed by atoms with van der Waals surface area (Å²) in [7, 11) is 0. The summed E-state index contributed by atoms with van der Waals surface area (Å²) in [6, 6.07) is 5.34. The van der Waals surface area contributed by atoms with Gasteiger partial charge < -0.3 is 14.8 Å². The van der Waals surface area contributed by atoms with E-state index in [2.05, 4.69) is 17.6 Å². The second-order valence-corrected chi connectivity index (χ2v) is 7.53. The highest BCUT2D eigenvalue weighted by molar-refractivity contribution is 8.00. The molecule has 7 heteroatoms. The molecule has 0 saturated heterocycles. The Morgan fingerprint density at radius 1 is 1.16 bits per heavy atom. The minimum Gasteiger partial charge on any atom is -0.486 e. The van der Waals surface area contributed by atoms with Gasteiger partial charge in [0.15, 0.2) is 11.5 Å². The van der Waals surface area contributed by atoms with Crippen molar-refractivity contribution in [3.8, 4) is 11.5 Å². The first-order valence-corrected chi connectivity index (χ1v) is 9.73. The van der Waals surface area contributed by atoms with Crippen LogP contribution in [-0.2, 0) is 4.79 Å². The molecule has 1 aliphatic heterocycles. The van der Waals surface area contributed by atoms with Crippen LogP contribution in [0.2, 0.25) is 0 Å². The Morgan fingerprint density at radius 2 is 1.92 bits per heavy atom. The van der Waals surface area contributed by atoms with Crippen LogP contribution < -0.4 is 20.1 Å². The molecule has 136 valence electrons. The molecule has 3 rings (SSSR count). The molecule has 0 spiro atoms. The van der Waals surface area contributed by atoms with E-state index >= 15 is 0 Å². The van der Waals surface area contributed by atoms with Crippen molar-refractivity contribution in [2.45, 2.75) is 43.5 Å². The highest BCUT2D eigenvalue weighted by Crippen LogP contribution is 2.34. The molecule has 2 aliphatic rings. The summed E-state index contributed by atoms with van der Waals surface area (Å²) in [5, 5.41) is 5.34. The molecule has 1 aromatic rings. The predicted molar refractivity (Wildman–Crippen MR) is 96.3 cm³/mol. The van der Waals surface area contributed by atoms with Crippen molar-refractivity contribution in [1.82, 2.24) is 10.6 Å². The lowest BCUT2D eigenvalue weighted by atomic mass is 9.86. The van der Waals surface area contributed by atoms with Crippen molar-refractivity contribution in [2.75, 3.05) is 19.0 Å². The second kappa shape index (κ2) is 8.47.